The number of fused-ring (bicyclic) bond motifs is 3. The van der Waals surface area contributed by atoms with E-state index in [1.807, 2.05) is 48.5 Å². The van der Waals surface area contributed by atoms with Crippen molar-refractivity contribution < 1.29 is 0 Å². The van der Waals surface area contributed by atoms with Gasteiger partial charge in [0.25, 0.3) is 0 Å². The predicted octanol–water partition coefficient (Wildman–Crippen LogP) is 7.26. The normalized spacial score (nSPS) is 10.8. The largest absolute Gasteiger partial charge is 0.309 e. The Labute approximate surface area is 202 Å². The minimum Gasteiger partial charge on any atom is -0.309 e. The zero-order valence-corrected chi connectivity index (χ0v) is 18.7. The SMILES string of the molecule is N#Cc1ccnc(-c2ccc(-c3ccccc3-n3c4ccccc4c4cc(C#N)ccc43)cc2)c1. The first kappa shape index (κ1) is 20.4. The molecule has 0 saturated heterocycles. The van der Waals surface area contributed by atoms with Gasteiger partial charge in [0.15, 0.2) is 0 Å². The maximum atomic E-state index is 9.44. The van der Waals surface area contributed by atoms with Gasteiger partial charge >= 0.3 is 0 Å². The molecule has 0 aliphatic rings. The highest BCUT2D eigenvalue weighted by atomic mass is 15.0. The highest BCUT2D eigenvalue weighted by molar-refractivity contribution is 6.10. The van der Waals surface area contributed by atoms with Crippen molar-refractivity contribution in [3.63, 3.8) is 0 Å². The highest BCUT2D eigenvalue weighted by Crippen LogP contribution is 2.36. The molecule has 0 unspecified atom stereocenters. The summed E-state index contributed by atoms with van der Waals surface area (Å²) < 4.78 is 2.27. The summed E-state index contributed by atoms with van der Waals surface area (Å²) in [5, 5.41) is 20.8. The van der Waals surface area contributed by atoms with E-state index < -0.39 is 0 Å². The second kappa shape index (κ2) is 8.30. The van der Waals surface area contributed by atoms with Crippen LogP contribution in [0.5, 0.6) is 0 Å². The quantitative estimate of drug-likeness (QED) is 0.287. The summed E-state index contributed by atoms with van der Waals surface area (Å²) in [5.41, 5.74) is 8.40. The van der Waals surface area contributed by atoms with Gasteiger partial charge in [0.2, 0.25) is 0 Å². The molecular formula is C31H18N4. The Hall–Kier alpha value is -5.19. The number of rotatable bonds is 3. The van der Waals surface area contributed by atoms with Gasteiger partial charge in [-0.05, 0) is 48.0 Å². The van der Waals surface area contributed by atoms with Crippen LogP contribution in [-0.4, -0.2) is 9.55 Å². The number of hydrogen-bond donors (Lipinski definition) is 0. The van der Waals surface area contributed by atoms with Crippen LogP contribution in [0.2, 0.25) is 0 Å². The third kappa shape index (κ3) is 3.42. The van der Waals surface area contributed by atoms with E-state index in [4.69, 9.17) is 0 Å². The molecule has 4 nitrogen and oxygen atoms in total. The van der Waals surface area contributed by atoms with Gasteiger partial charge in [0.1, 0.15) is 0 Å². The summed E-state index contributed by atoms with van der Waals surface area (Å²) in [6, 6.07) is 38.7. The van der Waals surface area contributed by atoms with Gasteiger partial charge in [-0.25, -0.2) is 0 Å². The summed E-state index contributed by atoms with van der Waals surface area (Å²) in [6.45, 7) is 0. The Kier molecular flexibility index (Phi) is 4.84. The minimum absolute atomic E-state index is 0.593. The van der Waals surface area contributed by atoms with Crippen molar-refractivity contribution in [2.75, 3.05) is 0 Å². The first-order valence-electron chi connectivity index (χ1n) is 11.3. The number of aromatic nitrogens is 2. The van der Waals surface area contributed by atoms with E-state index in [9.17, 15) is 10.5 Å². The predicted molar refractivity (Wildman–Crippen MR) is 139 cm³/mol. The Morgan fingerprint density at radius 3 is 2.11 bits per heavy atom. The Bertz CT molecular complexity index is 1810. The van der Waals surface area contributed by atoms with Gasteiger partial charge < -0.3 is 4.57 Å². The van der Waals surface area contributed by atoms with E-state index in [0.717, 1.165) is 49.9 Å². The monoisotopic (exact) mass is 446 g/mol. The first-order valence-corrected chi connectivity index (χ1v) is 11.3. The summed E-state index contributed by atoms with van der Waals surface area (Å²) >= 11 is 0. The average Bonchev–Trinajstić information content (AvgIpc) is 3.26. The van der Waals surface area contributed by atoms with Crippen molar-refractivity contribution in [3.8, 4) is 40.2 Å². The molecule has 2 aromatic heterocycles. The van der Waals surface area contributed by atoms with Crippen molar-refractivity contribution in [2.24, 2.45) is 0 Å². The van der Waals surface area contributed by atoms with Crippen LogP contribution in [0, 0.1) is 22.7 Å². The number of hydrogen-bond acceptors (Lipinski definition) is 3. The first-order chi connectivity index (χ1) is 17.3. The second-order valence-electron chi connectivity index (χ2n) is 8.33. The van der Waals surface area contributed by atoms with Gasteiger partial charge in [-0.2, -0.15) is 10.5 Å². The standard InChI is InChI=1S/C31H18N4/c32-19-21-9-14-31-27(17-21)26-6-2-4-8-30(26)35(31)29-7-3-1-5-25(29)23-10-12-24(13-11-23)28-18-22(20-33)15-16-34-28/h1-18H. The molecular weight excluding hydrogens is 428 g/mol. The van der Waals surface area contributed by atoms with E-state index >= 15 is 0 Å². The lowest BCUT2D eigenvalue weighted by molar-refractivity contribution is 1.18. The molecule has 0 radical (unpaired) electrons. The van der Waals surface area contributed by atoms with Crippen LogP contribution >= 0.6 is 0 Å². The molecule has 162 valence electrons. The van der Waals surface area contributed by atoms with Crippen LogP contribution in [0.3, 0.4) is 0 Å². The molecule has 0 atom stereocenters. The second-order valence-corrected chi connectivity index (χ2v) is 8.33. The van der Waals surface area contributed by atoms with Crippen LogP contribution in [-0.2, 0) is 0 Å². The zero-order valence-electron chi connectivity index (χ0n) is 18.7. The Balaban J connectivity index is 1.53. The smallest absolute Gasteiger partial charge is 0.0992 e. The Morgan fingerprint density at radius 2 is 1.29 bits per heavy atom. The molecule has 0 bridgehead atoms. The summed E-state index contributed by atoms with van der Waals surface area (Å²) in [7, 11) is 0. The maximum Gasteiger partial charge on any atom is 0.0992 e. The van der Waals surface area contributed by atoms with Gasteiger partial charge in [-0.3, -0.25) is 4.98 Å². The number of pyridine rings is 1. The van der Waals surface area contributed by atoms with Crippen LogP contribution in [0.25, 0.3) is 49.9 Å². The lowest BCUT2D eigenvalue weighted by Gasteiger charge is -2.14. The van der Waals surface area contributed by atoms with Crippen molar-refractivity contribution in [1.29, 1.82) is 10.5 Å². The minimum atomic E-state index is 0.593. The Morgan fingerprint density at radius 1 is 0.600 bits per heavy atom. The number of para-hydroxylation sites is 2. The van der Waals surface area contributed by atoms with Gasteiger partial charge in [0, 0.05) is 28.1 Å². The molecule has 0 spiro atoms. The molecule has 6 aromatic rings. The lowest BCUT2D eigenvalue weighted by atomic mass is 10.0. The van der Waals surface area contributed by atoms with Gasteiger partial charge in [-0.15, -0.1) is 0 Å². The average molecular weight is 447 g/mol. The molecule has 4 heteroatoms. The highest BCUT2D eigenvalue weighted by Gasteiger charge is 2.15. The molecule has 0 fully saturated rings. The molecule has 6 rings (SSSR count). The van der Waals surface area contributed by atoms with Crippen LogP contribution in [0.4, 0.5) is 0 Å². The third-order valence-electron chi connectivity index (χ3n) is 6.33. The maximum absolute atomic E-state index is 9.44. The molecule has 2 heterocycles. The third-order valence-corrected chi connectivity index (χ3v) is 6.33. The molecule has 35 heavy (non-hydrogen) atoms. The molecule has 0 N–H and O–H groups in total. The van der Waals surface area contributed by atoms with Gasteiger partial charge in [0.05, 0.1) is 45.7 Å². The topological polar surface area (TPSA) is 65.4 Å². The van der Waals surface area contributed by atoms with E-state index in [0.29, 0.717) is 11.1 Å². The van der Waals surface area contributed by atoms with Crippen LogP contribution in [0.1, 0.15) is 11.1 Å². The van der Waals surface area contributed by atoms with Crippen LogP contribution in [0.15, 0.2) is 109 Å². The summed E-state index contributed by atoms with van der Waals surface area (Å²) in [6.07, 6.45) is 1.66. The zero-order chi connectivity index (χ0) is 23.8. The molecule has 0 aliphatic carbocycles. The fraction of sp³-hybridized carbons (Fsp3) is 0. The summed E-state index contributed by atoms with van der Waals surface area (Å²) in [4.78, 5) is 4.42. The number of nitriles is 2. The molecule has 4 aromatic carbocycles. The van der Waals surface area contributed by atoms with Crippen molar-refractivity contribution in [2.45, 2.75) is 0 Å². The number of benzene rings is 4. The van der Waals surface area contributed by atoms with E-state index in [1.54, 1.807) is 18.3 Å². The fourth-order valence-electron chi connectivity index (χ4n) is 4.69. The molecule has 0 saturated carbocycles. The van der Waals surface area contributed by atoms with Crippen molar-refractivity contribution >= 4 is 21.8 Å². The van der Waals surface area contributed by atoms with Crippen molar-refractivity contribution in [1.82, 2.24) is 9.55 Å². The molecule has 0 aliphatic heterocycles. The summed E-state index contributed by atoms with van der Waals surface area (Å²) in [5.74, 6) is 0. The van der Waals surface area contributed by atoms with E-state index in [2.05, 4.69) is 64.2 Å². The van der Waals surface area contributed by atoms with Crippen LogP contribution < -0.4 is 0 Å². The number of nitrogens with zero attached hydrogens (tertiary/aromatic N) is 4. The fourth-order valence-corrected chi connectivity index (χ4v) is 4.69. The van der Waals surface area contributed by atoms with Gasteiger partial charge in [-0.1, -0.05) is 60.7 Å². The van der Waals surface area contributed by atoms with E-state index in [-0.39, 0.29) is 0 Å². The lowest BCUT2D eigenvalue weighted by Crippen LogP contribution is -1.97. The van der Waals surface area contributed by atoms with Crippen molar-refractivity contribution in [3.05, 3.63) is 120 Å². The van der Waals surface area contributed by atoms with E-state index in [1.165, 1.54) is 0 Å². The molecule has 0 amide bonds.